The van der Waals surface area contributed by atoms with E-state index in [4.69, 9.17) is 0 Å². The van der Waals surface area contributed by atoms with Crippen LogP contribution in [-0.4, -0.2) is 10.2 Å². The van der Waals surface area contributed by atoms with Crippen LogP contribution in [0.15, 0.2) is 24.3 Å². The Morgan fingerprint density at radius 1 is 0.852 bits per heavy atom. The van der Waals surface area contributed by atoms with E-state index < -0.39 is 0 Å². The van der Waals surface area contributed by atoms with E-state index in [1.54, 1.807) is 0 Å². The van der Waals surface area contributed by atoms with Crippen molar-refractivity contribution in [2.24, 2.45) is 5.92 Å². The molecule has 0 aromatic heterocycles. The summed E-state index contributed by atoms with van der Waals surface area (Å²) in [5.41, 5.74) is 5.77. The fraction of sp³-hybridized carbons (Fsp3) is 0.520. The van der Waals surface area contributed by atoms with Crippen LogP contribution >= 0.6 is 0 Å². The van der Waals surface area contributed by atoms with E-state index in [1.807, 2.05) is 26.0 Å². The van der Waals surface area contributed by atoms with Gasteiger partial charge >= 0.3 is 0 Å². The zero-order valence-corrected chi connectivity index (χ0v) is 18.3. The van der Waals surface area contributed by atoms with Gasteiger partial charge < -0.3 is 10.2 Å². The van der Waals surface area contributed by atoms with Crippen molar-refractivity contribution in [1.82, 2.24) is 0 Å². The molecule has 2 nitrogen and oxygen atoms in total. The normalized spacial score (nSPS) is 14.2. The predicted octanol–water partition coefficient (Wildman–Crippen LogP) is 6.83. The van der Waals surface area contributed by atoms with Gasteiger partial charge in [-0.1, -0.05) is 75.9 Å². The fourth-order valence-corrected chi connectivity index (χ4v) is 4.88. The standard InChI is InChI=1S/C25H36O2/c1-9-10-17(4)22(20-13-15(2)11-18(5)23(20)26)25(7,8)21-14-16(3)12-19(6)24(21)27/h11-14,17,22,26-27H,9-10H2,1-8H3. The fourth-order valence-electron chi connectivity index (χ4n) is 4.88. The maximum atomic E-state index is 10.9. The molecule has 2 aromatic carbocycles. The number of aryl methyl sites for hydroxylation is 4. The summed E-state index contributed by atoms with van der Waals surface area (Å²) < 4.78 is 0. The number of rotatable bonds is 6. The van der Waals surface area contributed by atoms with Gasteiger partial charge in [-0.3, -0.25) is 0 Å². The third kappa shape index (κ3) is 4.15. The third-order valence-electron chi connectivity index (χ3n) is 6.04. The molecule has 0 aliphatic carbocycles. The molecule has 0 saturated carbocycles. The summed E-state index contributed by atoms with van der Waals surface area (Å²) in [7, 11) is 0. The van der Waals surface area contributed by atoms with E-state index in [0.717, 1.165) is 46.2 Å². The molecule has 2 N–H and O–H groups in total. The quantitative estimate of drug-likeness (QED) is 0.586. The Hall–Kier alpha value is -1.96. The maximum Gasteiger partial charge on any atom is 0.122 e. The van der Waals surface area contributed by atoms with Crippen molar-refractivity contribution in [3.8, 4) is 11.5 Å². The van der Waals surface area contributed by atoms with Crippen LogP contribution in [0.4, 0.5) is 0 Å². The second kappa shape index (κ2) is 7.96. The summed E-state index contributed by atoms with van der Waals surface area (Å²) >= 11 is 0. The van der Waals surface area contributed by atoms with Gasteiger partial charge in [0.25, 0.3) is 0 Å². The zero-order valence-electron chi connectivity index (χ0n) is 18.3. The minimum Gasteiger partial charge on any atom is -0.507 e. The molecule has 2 heteroatoms. The van der Waals surface area contributed by atoms with Gasteiger partial charge in [0.05, 0.1) is 0 Å². The Kier molecular flexibility index (Phi) is 6.29. The van der Waals surface area contributed by atoms with Gasteiger partial charge in [-0.2, -0.15) is 0 Å². The summed E-state index contributed by atoms with van der Waals surface area (Å²) in [5, 5.41) is 21.8. The van der Waals surface area contributed by atoms with E-state index >= 15 is 0 Å². The van der Waals surface area contributed by atoms with Gasteiger partial charge in [0.1, 0.15) is 11.5 Å². The molecule has 148 valence electrons. The minimum absolute atomic E-state index is 0.100. The number of hydrogen-bond acceptors (Lipinski definition) is 2. The Balaban J connectivity index is 2.75. The Morgan fingerprint density at radius 2 is 1.37 bits per heavy atom. The Labute approximate surface area is 165 Å². The molecule has 2 aromatic rings. The van der Waals surface area contributed by atoms with Gasteiger partial charge in [-0.25, -0.2) is 0 Å². The lowest BCUT2D eigenvalue weighted by atomic mass is 9.63. The van der Waals surface area contributed by atoms with Gasteiger partial charge in [0.15, 0.2) is 0 Å². The Bertz CT molecular complexity index is 818. The highest BCUT2D eigenvalue weighted by atomic mass is 16.3. The number of phenolic OH excluding ortho intramolecular Hbond substituents is 2. The number of aromatic hydroxyl groups is 2. The van der Waals surface area contributed by atoms with Crippen LogP contribution in [0.5, 0.6) is 11.5 Å². The monoisotopic (exact) mass is 368 g/mol. The second-order valence-corrected chi connectivity index (χ2v) is 8.96. The maximum absolute atomic E-state index is 10.9. The van der Waals surface area contributed by atoms with Crippen LogP contribution in [0.3, 0.4) is 0 Å². The molecular weight excluding hydrogens is 332 g/mol. The van der Waals surface area contributed by atoms with Crippen molar-refractivity contribution in [3.05, 3.63) is 57.6 Å². The highest BCUT2D eigenvalue weighted by molar-refractivity contribution is 5.51. The summed E-state index contributed by atoms with van der Waals surface area (Å²) in [6.45, 7) is 17.0. The van der Waals surface area contributed by atoms with Crippen LogP contribution in [0, 0.1) is 33.6 Å². The number of benzene rings is 2. The summed E-state index contributed by atoms with van der Waals surface area (Å²) in [4.78, 5) is 0. The van der Waals surface area contributed by atoms with E-state index in [-0.39, 0.29) is 11.3 Å². The van der Waals surface area contributed by atoms with Crippen molar-refractivity contribution >= 4 is 0 Å². The van der Waals surface area contributed by atoms with Gasteiger partial charge in [-0.05, 0) is 56.2 Å². The number of phenols is 2. The van der Waals surface area contributed by atoms with Gasteiger partial charge in [-0.15, -0.1) is 0 Å². The van der Waals surface area contributed by atoms with Crippen LogP contribution < -0.4 is 0 Å². The number of hydrogen-bond donors (Lipinski definition) is 2. The summed E-state index contributed by atoms with van der Waals surface area (Å²) in [6, 6.07) is 8.28. The average molecular weight is 369 g/mol. The highest BCUT2D eigenvalue weighted by Crippen LogP contribution is 2.50. The van der Waals surface area contributed by atoms with Crippen molar-refractivity contribution in [1.29, 1.82) is 0 Å². The third-order valence-corrected chi connectivity index (χ3v) is 6.04. The molecule has 0 saturated heterocycles. The highest BCUT2D eigenvalue weighted by Gasteiger charge is 2.39. The first kappa shape index (κ1) is 21.3. The zero-order chi connectivity index (χ0) is 20.5. The molecule has 0 fully saturated rings. The van der Waals surface area contributed by atoms with E-state index in [9.17, 15) is 10.2 Å². The molecule has 0 aliphatic rings. The summed E-state index contributed by atoms with van der Waals surface area (Å²) in [6.07, 6.45) is 2.17. The molecule has 0 spiro atoms. The van der Waals surface area contributed by atoms with E-state index in [1.165, 1.54) is 0 Å². The molecule has 2 atom stereocenters. The van der Waals surface area contributed by atoms with Crippen LogP contribution in [0.1, 0.15) is 79.8 Å². The lowest BCUT2D eigenvalue weighted by molar-refractivity contribution is 0.281. The van der Waals surface area contributed by atoms with Crippen LogP contribution in [0.2, 0.25) is 0 Å². The van der Waals surface area contributed by atoms with Crippen molar-refractivity contribution < 1.29 is 10.2 Å². The largest absolute Gasteiger partial charge is 0.507 e. The second-order valence-electron chi connectivity index (χ2n) is 8.96. The van der Waals surface area contributed by atoms with Crippen molar-refractivity contribution in [3.63, 3.8) is 0 Å². The molecule has 0 amide bonds. The molecule has 0 heterocycles. The topological polar surface area (TPSA) is 40.5 Å². The van der Waals surface area contributed by atoms with Crippen molar-refractivity contribution in [2.45, 2.75) is 79.6 Å². The SMILES string of the molecule is CCCC(C)C(c1cc(C)cc(C)c1O)C(C)(C)c1cc(C)cc(C)c1O. The molecule has 2 unspecified atom stereocenters. The lowest BCUT2D eigenvalue weighted by Gasteiger charge is -2.40. The molecule has 0 aliphatic heterocycles. The minimum atomic E-state index is -0.326. The molecule has 0 radical (unpaired) electrons. The van der Waals surface area contributed by atoms with Gasteiger partial charge in [0, 0.05) is 11.0 Å². The van der Waals surface area contributed by atoms with Gasteiger partial charge in [0.2, 0.25) is 0 Å². The first-order chi connectivity index (χ1) is 12.5. The van der Waals surface area contributed by atoms with Crippen molar-refractivity contribution in [2.75, 3.05) is 0 Å². The summed E-state index contributed by atoms with van der Waals surface area (Å²) in [5.74, 6) is 1.24. The first-order valence-electron chi connectivity index (χ1n) is 10.1. The molecule has 0 bridgehead atoms. The smallest absolute Gasteiger partial charge is 0.122 e. The molecule has 2 rings (SSSR count). The molecular formula is C25H36O2. The Morgan fingerprint density at radius 3 is 1.93 bits per heavy atom. The van der Waals surface area contributed by atoms with E-state index in [2.05, 4.69) is 53.7 Å². The molecule has 27 heavy (non-hydrogen) atoms. The predicted molar refractivity (Wildman–Crippen MR) is 115 cm³/mol. The lowest BCUT2D eigenvalue weighted by Crippen LogP contribution is -2.32. The average Bonchev–Trinajstić information content (AvgIpc) is 2.55. The first-order valence-corrected chi connectivity index (χ1v) is 10.1. The van der Waals surface area contributed by atoms with E-state index in [0.29, 0.717) is 17.4 Å². The van der Waals surface area contributed by atoms with Crippen LogP contribution in [-0.2, 0) is 5.41 Å². The van der Waals surface area contributed by atoms with Crippen LogP contribution in [0.25, 0.3) is 0 Å².